The Balaban J connectivity index is 2.19. The molecule has 1 unspecified atom stereocenters. The third-order valence-corrected chi connectivity index (χ3v) is 5.57. The standard InChI is InChI=1S/C19H22N2O6S/c1-3-27-19(22)16(11-15-7-5-4-6-8-15)13-20-28(25,26)17-10-9-14(2)18(12-17)21(23)24/h4-10,12,16,20H,3,11,13H2,1-2H3. The van der Waals surface area contributed by atoms with Gasteiger partial charge < -0.3 is 4.74 Å². The number of rotatable bonds is 9. The number of nitro benzene ring substituents is 1. The van der Waals surface area contributed by atoms with Gasteiger partial charge in [0, 0.05) is 18.2 Å². The van der Waals surface area contributed by atoms with Crippen LogP contribution in [0.25, 0.3) is 0 Å². The fourth-order valence-corrected chi connectivity index (χ4v) is 3.75. The van der Waals surface area contributed by atoms with Crippen molar-refractivity contribution in [1.29, 1.82) is 0 Å². The van der Waals surface area contributed by atoms with Crippen LogP contribution < -0.4 is 4.72 Å². The highest BCUT2D eigenvalue weighted by Gasteiger charge is 2.25. The van der Waals surface area contributed by atoms with Crippen LogP contribution in [0, 0.1) is 23.0 Å². The lowest BCUT2D eigenvalue weighted by molar-refractivity contribution is -0.385. The maximum absolute atomic E-state index is 12.6. The van der Waals surface area contributed by atoms with Crippen molar-refractivity contribution in [3.05, 3.63) is 69.8 Å². The fourth-order valence-electron chi connectivity index (χ4n) is 2.64. The maximum atomic E-state index is 12.6. The average molecular weight is 406 g/mol. The molecule has 1 atom stereocenters. The number of nitro groups is 1. The van der Waals surface area contributed by atoms with Crippen LogP contribution >= 0.6 is 0 Å². The van der Waals surface area contributed by atoms with E-state index in [0.29, 0.717) is 12.0 Å². The molecule has 0 aliphatic rings. The Kier molecular flexibility index (Phi) is 7.24. The number of nitrogens with one attached hydrogen (secondary N) is 1. The summed E-state index contributed by atoms with van der Waals surface area (Å²) in [7, 11) is -4.03. The number of carbonyl (C=O) groups excluding carboxylic acids is 1. The summed E-state index contributed by atoms with van der Waals surface area (Å²) in [5.74, 6) is -1.23. The minimum Gasteiger partial charge on any atom is -0.466 e. The first kappa shape index (κ1) is 21.5. The molecule has 0 saturated heterocycles. The molecular formula is C19H22N2O6S. The van der Waals surface area contributed by atoms with Gasteiger partial charge in [0.1, 0.15) is 0 Å². The van der Waals surface area contributed by atoms with Gasteiger partial charge in [0.15, 0.2) is 0 Å². The monoisotopic (exact) mass is 406 g/mol. The number of aryl methyl sites for hydroxylation is 1. The van der Waals surface area contributed by atoms with E-state index in [2.05, 4.69) is 4.72 Å². The van der Waals surface area contributed by atoms with E-state index in [9.17, 15) is 23.3 Å². The minimum atomic E-state index is -4.03. The minimum absolute atomic E-state index is 0.182. The molecule has 0 amide bonds. The maximum Gasteiger partial charge on any atom is 0.310 e. The Bertz CT molecular complexity index is 944. The molecule has 0 heterocycles. The van der Waals surface area contributed by atoms with E-state index in [4.69, 9.17) is 4.74 Å². The van der Waals surface area contributed by atoms with Crippen molar-refractivity contribution in [1.82, 2.24) is 4.72 Å². The van der Waals surface area contributed by atoms with Gasteiger partial charge in [0.05, 0.1) is 22.3 Å². The lowest BCUT2D eigenvalue weighted by Crippen LogP contribution is -2.35. The molecule has 0 aliphatic heterocycles. The molecule has 8 nitrogen and oxygen atoms in total. The molecule has 150 valence electrons. The van der Waals surface area contributed by atoms with Crippen molar-refractivity contribution in [3.8, 4) is 0 Å². The first-order valence-corrected chi connectivity index (χ1v) is 10.2. The number of hydrogen-bond acceptors (Lipinski definition) is 6. The van der Waals surface area contributed by atoms with E-state index >= 15 is 0 Å². The molecule has 0 radical (unpaired) electrons. The van der Waals surface area contributed by atoms with Gasteiger partial charge in [-0.05, 0) is 31.9 Å². The number of hydrogen-bond donors (Lipinski definition) is 1. The van der Waals surface area contributed by atoms with Crippen molar-refractivity contribution in [2.75, 3.05) is 13.2 Å². The van der Waals surface area contributed by atoms with Gasteiger partial charge in [0.2, 0.25) is 10.0 Å². The van der Waals surface area contributed by atoms with Crippen LogP contribution in [0.4, 0.5) is 5.69 Å². The predicted molar refractivity (Wildman–Crippen MR) is 103 cm³/mol. The summed E-state index contributed by atoms with van der Waals surface area (Å²) in [4.78, 5) is 22.4. The largest absolute Gasteiger partial charge is 0.466 e. The van der Waals surface area contributed by atoms with E-state index in [1.807, 2.05) is 30.3 Å². The van der Waals surface area contributed by atoms with E-state index in [1.54, 1.807) is 6.92 Å². The fraction of sp³-hybridized carbons (Fsp3) is 0.316. The van der Waals surface area contributed by atoms with Gasteiger partial charge in [-0.2, -0.15) is 0 Å². The Morgan fingerprint density at radius 2 is 1.89 bits per heavy atom. The van der Waals surface area contributed by atoms with Crippen LogP contribution in [0.5, 0.6) is 0 Å². The van der Waals surface area contributed by atoms with Crippen LogP contribution in [-0.2, 0) is 26.0 Å². The topological polar surface area (TPSA) is 116 Å². The Labute approximate surface area is 163 Å². The normalized spacial score (nSPS) is 12.4. The van der Waals surface area contributed by atoms with E-state index in [0.717, 1.165) is 11.6 Å². The zero-order valence-corrected chi connectivity index (χ0v) is 16.4. The van der Waals surface area contributed by atoms with E-state index in [1.165, 1.54) is 19.1 Å². The molecule has 0 aromatic heterocycles. The second-order valence-electron chi connectivity index (χ2n) is 6.20. The van der Waals surface area contributed by atoms with E-state index < -0.39 is 26.8 Å². The lowest BCUT2D eigenvalue weighted by atomic mass is 10.00. The first-order valence-electron chi connectivity index (χ1n) is 8.70. The molecule has 0 fully saturated rings. The number of carbonyl (C=O) groups is 1. The summed E-state index contributed by atoms with van der Waals surface area (Å²) in [6.45, 7) is 3.20. The summed E-state index contributed by atoms with van der Waals surface area (Å²) >= 11 is 0. The molecule has 2 rings (SSSR count). The zero-order chi connectivity index (χ0) is 20.7. The average Bonchev–Trinajstić information content (AvgIpc) is 2.66. The van der Waals surface area contributed by atoms with Gasteiger partial charge >= 0.3 is 5.97 Å². The first-order chi connectivity index (χ1) is 13.2. The van der Waals surface area contributed by atoms with Gasteiger partial charge in [0.25, 0.3) is 5.69 Å². The smallest absolute Gasteiger partial charge is 0.310 e. The summed E-state index contributed by atoms with van der Waals surface area (Å²) in [5.41, 5.74) is 0.942. The summed E-state index contributed by atoms with van der Waals surface area (Å²) < 4.78 is 32.6. The van der Waals surface area contributed by atoms with Gasteiger partial charge in [-0.25, -0.2) is 13.1 Å². The van der Waals surface area contributed by atoms with Gasteiger partial charge in [-0.1, -0.05) is 36.4 Å². The van der Waals surface area contributed by atoms with Crippen LogP contribution in [-0.4, -0.2) is 32.5 Å². The van der Waals surface area contributed by atoms with Crippen LogP contribution in [0.1, 0.15) is 18.1 Å². The zero-order valence-electron chi connectivity index (χ0n) is 15.6. The number of sulfonamides is 1. The highest BCUT2D eigenvalue weighted by atomic mass is 32.2. The quantitative estimate of drug-likeness (QED) is 0.389. The predicted octanol–water partition coefficient (Wildman–Crippen LogP) is 2.60. The van der Waals surface area contributed by atoms with E-state index in [-0.39, 0.29) is 23.7 Å². The lowest BCUT2D eigenvalue weighted by Gasteiger charge is -2.16. The molecule has 0 aliphatic carbocycles. The van der Waals surface area contributed by atoms with Gasteiger partial charge in [-0.3, -0.25) is 14.9 Å². The number of benzene rings is 2. The number of ether oxygens (including phenoxy) is 1. The summed E-state index contributed by atoms with van der Waals surface area (Å²) in [6.07, 6.45) is 0.302. The van der Waals surface area contributed by atoms with Gasteiger partial charge in [-0.15, -0.1) is 0 Å². The van der Waals surface area contributed by atoms with Crippen molar-refractivity contribution in [3.63, 3.8) is 0 Å². The molecule has 0 saturated carbocycles. The van der Waals surface area contributed by atoms with Crippen molar-refractivity contribution in [2.24, 2.45) is 5.92 Å². The third-order valence-electron chi connectivity index (χ3n) is 4.15. The number of esters is 1. The molecule has 2 aromatic carbocycles. The van der Waals surface area contributed by atoms with Crippen molar-refractivity contribution >= 4 is 21.7 Å². The highest BCUT2D eigenvalue weighted by Crippen LogP contribution is 2.22. The van der Waals surface area contributed by atoms with Crippen LogP contribution in [0.2, 0.25) is 0 Å². The third kappa shape index (κ3) is 5.61. The molecular weight excluding hydrogens is 384 g/mol. The Morgan fingerprint density at radius 3 is 2.50 bits per heavy atom. The van der Waals surface area contributed by atoms with Crippen molar-refractivity contribution in [2.45, 2.75) is 25.2 Å². The van der Waals surface area contributed by atoms with Crippen LogP contribution in [0.3, 0.4) is 0 Å². The molecule has 0 spiro atoms. The second kappa shape index (κ2) is 9.43. The molecule has 0 bridgehead atoms. The van der Waals surface area contributed by atoms with Crippen molar-refractivity contribution < 1.29 is 22.9 Å². The second-order valence-corrected chi connectivity index (χ2v) is 7.96. The highest BCUT2D eigenvalue weighted by molar-refractivity contribution is 7.89. The molecule has 28 heavy (non-hydrogen) atoms. The Hall–Kier alpha value is -2.78. The van der Waals surface area contributed by atoms with Crippen LogP contribution in [0.15, 0.2) is 53.4 Å². The SMILES string of the molecule is CCOC(=O)C(CNS(=O)(=O)c1ccc(C)c([N+](=O)[O-])c1)Cc1ccccc1. The summed E-state index contributed by atoms with van der Waals surface area (Å²) in [5, 5.41) is 11.1. The molecule has 9 heteroatoms. The number of nitrogens with zero attached hydrogens (tertiary/aromatic N) is 1. The summed E-state index contributed by atoms with van der Waals surface area (Å²) in [6, 6.07) is 12.8. The molecule has 2 aromatic rings. The molecule has 1 N–H and O–H groups in total. The Morgan fingerprint density at radius 1 is 1.21 bits per heavy atom.